The molecule has 0 saturated heterocycles. The number of rotatable bonds is 5. The molecular weight excluding hydrogens is 340 g/mol. The predicted octanol–water partition coefficient (Wildman–Crippen LogP) is 4.46. The molecule has 27 heavy (non-hydrogen) atoms. The van der Waals surface area contributed by atoms with Crippen LogP contribution in [-0.4, -0.2) is 23.4 Å². The van der Waals surface area contributed by atoms with Gasteiger partial charge in [0.25, 0.3) is 0 Å². The first-order chi connectivity index (χ1) is 12.6. The molecule has 1 N–H and O–H groups in total. The molecule has 0 spiro atoms. The zero-order valence-electron chi connectivity index (χ0n) is 16.9. The lowest BCUT2D eigenvalue weighted by Gasteiger charge is -2.27. The Balaban J connectivity index is 2.43. The van der Waals surface area contributed by atoms with Crippen molar-refractivity contribution in [1.82, 2.24) is 0 Å². The number of aliphatic hydroxyl groups is 1. The highest BCUT2D eigenvalue weighted by molar-refractivity contribution is 5.46. The molecule has 1 unspecified atom stereocenters. The van der Waals surface area contributed by atoms with Crippen LogP contribution in [0.15, 0.2) is 54.6 Å². The highest BCUT2D eigenvalue weighted by Gasteiger charge is 2.31. The topological polar surface area (TPSA) is 47.9 Å². The number of ether oxygens (including phenoxy) is 1. The van der Waals surface area contributed by atoms with Gasteiger partial charge in [-0.15, -0.1) is 0 Å². The van der Waals surface area contributed by atoms with Crippen molar-refractivity contribution in [2.75, 3.05) is 7.11 Å². The summed E-state index contributed by atoms with van der Waals surface area (Å²) in [6, 6.07) is 16.5. The summed E-state index contributed by atoms with van der Waals surface area (Å²) in [5.41, 5.74) is -1.52. The van der Waals surface area contributed by atoms with Gasteiger partial charge in [-0.3, -0.25) is 0 Å². The predicted molar refractivity (Wildman–Crippen MR) is 106 cm³/mol. The van der Waals surface area contributed by atoms with Gasteiger partial charge < -0.3 is 9.84 Å². The van der Waals surface area contributed by atoms with E-state index in [4.69, 9.17) is 14.5 Å². The van der Waals surface area contributed by atoms with Gasteiger partial charge in [0.15, 0.2) is 11.2 Å². The van der Waals surface area contributed by atoms with Gasteiger partial charge in [0.05, 0.1) is 12.7 Å². The first-order valence-corrected chi connectivity index (χ1v) is 8.89. The van der Waals surface area contributed by atoms with Crippen LogP contribution in [0.3, 0.4) is 0 Å². The first kappa shape index (κ1) is 21.0. The molecule has 0 aliphatic carbocycles. The van der Waals surface area contributed by atoms with Crippen molar-refractivity contribution in [2.45, 2.75) is 51.4 Å². The van der Waals surface area contributed by atoms with Crippen molar-refractivity contribution in [3.05, 3.63) is 65.7 Å². The highest BCUT2D eigenvalue weighted by Crippen LogP contribution is 2.31. The van der Waals surface area contributed by atoms with Crippen LogP contribution in [0.5, 0.6) is 5.75 Å². The maximum Gasteiger partial charge on any atom is 0.176 e. The van der Waals surface area contributed by atoms with Crippen LogP contribution in [0.4, 0.5) is 0 Å². The Labute approximate surface area is 162 Å². The summed E-state index contributed by atoms with van der Waals surface area (Å²) in [7, 11) is 1.60. The molecule has 2 aromatic carbocycles. The van der Waals surface area contributed by atoms with E-state index in [1.807, 2.05) is 51.1 Å². The van der Waals surface area contributed by atoms with Gasteiger partial charge in [-0.1, -0.05) is 54.3 Å². The van der Waals surface area contributed by atoms with Gasteiger partial charge in [0.2, 0.25) is 0 Å². The smallest absolute Gasteiger partial charge is 0.176 e. The van der Waals surface area contributed by atoms with Gasteiger partial charge >= 0.3 is 0 Å². The molecule has 0 aliphatic heterocycles. The maximum absolute atomic E-state index is 11.5. The fourth-order valence-electron chi connectivity index (χ4n) is 2.31. The lowest BCUT2D eigenvalue weighted by atomic mass is 9.86. The van der Waals surface area contributed by atoms with Crippen molar-refractivity contribution in [1.29, 1.82) is 0 Å². The third-order valence-corrected chi connectivity index (χ3v) is 3.74. The summed E-state index contributed by atoms with van der Waals surface area (Å²) in [6.45, 7) is 9.28. The summed E-state index contributed by atoms with van der Waals surface area (Å²) in [4.78, 5) is 10.9. The third-order valence-electron chi connectivity index (χ3n) is 3.74. The molecule has 0 bridgehead atoms. The average Bonchev–Trinajstić information content (AvgIpc) is 2.65. The van der Waals surface area contributed by atoms with Crippen molar-refractivity contribution < 1.29 is 19.6 Å². The first-order valence-electron chi connectivity index (χ1n) is 8.89. The van der Waals surface area contributed by atoms with Crippen molar-refractivity contribution in [2.24, 2.45) is 0 Å². The van der Waals surface area contributed by atoms with Crippen LogP contribution in [0.2, 0.25) is 0 Å². The minimum Gasteiger partial charge on any atom is -0.497 e. The molecule has 2 rings (SSSR count). The molecule has 144 valence electrons. The maximum atomic E-state index is 11.5. The zero-order chi connectivity index (χ0) is 20.1. The van der Waals surface area contributed by atoms with Crippen LogP contribution < -0.4 is 4.74 Å². The normalized spacial score (nSPS) is 14.0. The minimum absolute atomic E-state index is 0.454. The Morgan fingerprint density at radius 3 is 1.81 bits per heavy atom. The molecule has 1 atom stereocenters. The summed E-state index contributed by atoms with van der Waals surface area (Å²) < 4.78 is 5.21. The molecule has 4 heteroatoms. The van der Waals surface area contributed by atoms with E-state index in [9.17, 15) is 5.11 Å². The molecule has 2 aromatic rings. The van der Waals surface area contributed by atoms with Crippen LogP contribution in [0, 0.1) is 11.8 Å². The van der Waals surface area contributed by atoms with Crippen LogP contribution in [0.1, 0.15) is 45.7 Å². The molecule has 0 saturated carbocycles. The Morgan fingerprint density at radius 2 is 1.30 bits per heavy atom. The average molecular weight is 368 g/mol. The second-order valence-electron chi connectivity index (χ2n) is 7.84. The van der Waals surface area contributed by atoms with Crippen molar-refractivity contribution in [3.8, 4) is 17.6 Å². The Morgan fingerprint density at radius 1 is 0.741 bits per heavy atom. The molecule has 0 aromatic heterocycles. The summed E-state index contributed by atoms with van der Waals surface area (Å²) >= 11 is 0. The van der Waals surface area contributed by atoms with E-state index in [0.717, 1.165) is 0 Å². The zero-order valence-corrected chi connectivity index (χ0v) is 16.9. The van der Waals surface area contributed by atoms with E-state index in [0.29, 0.717) is 16.9 Å². The van der Waals surface area contributed by atoms with Gasteiger partial charge in [-0.05, 0) is 46.8 Å². The van der Waals surface area contributed by atoms with Gasteiger partial charge in [-0.2, -0.15) is 0 Å². The Hall–Kier alpha value is -2.32. The fourth-order valence-corrected chi connectivity index (χ4v) is 2.31. The van der Waals surface area contributed by atoms with E-state index in [1.54, 1.807) is 45.2 Å². The lowest BCUT2D eigenvalue weighted by molar-refractivity contribution is -0.384. The summed E-state index contributed by atoms with van der Waals surface area (Å²) in [5, 5.41) is 11.5. The van der Waals surface area contributed by atoms with E-state index in [1.165, 1.54) is 0 Å². The van der Waals surface area contributed by atoms with Gasteiger partial charge in [0, 0.05) is 11.1 Å². The van der Waals surface area contributed by atoms with Crippen LogP contribution in [-0.2, 0) is 15.4 Å². The van der Waals surface area contributed by atoms with E-state index < -0.39 is 16.8 Å². The quantitative estimate of drug-likeness (QED) is 0.481. The van der Waals surface area contributed by atoms with Crippen molar-refractivity contribution in [3.63, 3.8) is 0 Å². The van der Waals surface area contributed by atoms with Crippen LogP contribution >= 0.6 is 0 Å². The molecule has 0 aliphatic rings. The number of benzene rings is 2. The van der Waals surface area contributed by atoms with E-state index in [-0.39, 0.29) is 0 Å². The molecule has 4 nitrogen and oxygen atoms in total. The number of hydrogen-bond acceptors (Lipinski definition) is 4. The summed E-state index contributed by atoms with van der Waals surface area (Å²) in [6.07, 6.45) is 0. The van der Waals surface area contributed by atoms with Gasteiger partial charge in [-0.25, -0.2) is 9.78 Å². The van der Waals surface area contributed by atoms with Gasteiger partial charge in [0.1, 0.15) is 5.75 Å². The standard InChI is InChI=1S/C23H28O4/c1-21(2,3)26-27-22(4,5)16-17-23(24,18-10-8-7-9-11-18)19-12-14-20(25-6)15-13-19/h7-15,24H,1-6H3. The highest BCUT2D eigenvalue weighted by atomic mass is 17.2. The fraction of sp³-hybridized carbons (Fsp3) is 0.391. The van der Waals surface area contributed by atoms with E-state index in [2.05, 4.69) is 11.8 Å². The molecule has 0 radical (unpaired) electrons. The Kier molecular flexibility index (Phi) is 6.33. The minimum atomic E-state index is -1.49. The SMILES string of the molecule is COc1ccc(C(O)(C#CC(C)(C)OOC(C)(C)C)c2ccccc2)cc1. The number of hydrogen-bond donors (Lipinski definition) is 1. The molecular formula is C23H28O4. The monoisotopic (exact) mass is 368 g/mol. The second-order valence-corrected chi connectivity index (χ2v) is 7.84. The third kappa shape index (κ3) is 5.83. The molecule has 0 amide bonds. The van der Waals surface area contributed by atoms with E-state index >= 15 is 0 Å². The second kappa shape index (κ2) is 8.14. The molecule has 0 fully saturated rings. The lowest BCUT2D eigenvalue weighted by Crippen LogP contribution is -2.31. The molecule has 0 heterocycles. The van der Waals surface area contributed by atoms with Crippen molar-refractivity contribution >= 4 is 0 Å². The number of methoxy groups -OCH3 is 1. The summed E-state index contributed by atoms with van der Waals surface area (Å²) in [5.74, 6) is 6.73. The van der Waals surface area contributed by atoms with Crippen LogP contribution in [0.25, 0.3) is 0 Å². The Bertz CT molecular complexity index is 792. The largest absolute Gasteiger partial charge is 0.497 e.